The lowest BCUT2D eigenvalue weighted by molar-refractivity contribution is 0.175. The monoisotopic (exact) mass is 322 g/mol. The summed E-state index contributed by atoms with van der Waals surface area (Å²) in [5.41, 5.74) is 2.95. The van der Waals surface area contributed by atoms with Gasteiger partial charge in [-0.05, 0) is 54.7 Å². The van der Waals surface area contributed by atoms with Crippen molar-refractivity contribution in [2.75, 3.05) is 0 Å². The van der Waals surface area contributed by atoms with E-state index in [1.165, 1.54) is 12.1 Å². The fourth-order valence-electron chi connectivity index (χ4n) is 2.13. The Morgan fingerprint density at radius 3 is 2.47 bits per heavy atom. The fraction of sp³-hybridized carbons (Fsp3) is 0.250. The lowest BCUT2D eigenvalue weighted by Gasteiger charge is -2.13. The maximum Gasteiger partial charge on any atom is 0.123 e. The second-order valence-electron chi connectivity index (χ2n) is 4.72. The molecule has 0 aliphatic rings. The molecule has 2 aromatic rings. The molecule has 0 spiro atoms. The van der Waals surface area contributed by atoms with Gasteiger partial charge in [0.25, 0.3) is 0 Å². The van der Waals surface area contributed by atoms with Crippen LogP contribution in [0.15, 0.2) is 46.9 Å². The summed E-state index contributed by atoms with van der Waals surface area (Å²) in [7, 11) is 0. The number of benzene rings is 2. The van der Waals surface area contributed by atoms with Gasteiger partial charge in [-0.25, -0.2) is 4.39 Å². The van der Waals surface area contributed by atoms with Gasteiger partial charge < -0.3 is 5.11 Å². The Labute approximate surface area is 121 Å². The minimum absolute atomic E-state index is 0.235. The van der Waals surface area contributed by atoms with Crippen molar-refractivity contribution < 1.29 is 9.50 Å². The number of aliphatic hydroxyl groups is 1. The van der Waals surface area contributed by atoms with Gasteiger partial charge in [-0.1, -0.05) is 40.2 Å². The van der Waals surface area contributed by atoms with E-state index in [4.69, 9.17) is 0 Å². The molecule has 0 bridgehead atoms. The van der Waals surface area contributed by atoms with Crippen molar-refractivity contribution in [1.29, 1.82) is 0 Å². The van der Waals surface area contributed by atoms with Crippen molar-refractivity contribution in [2.45, 2.75) is 25.9 Å². The van der Waals surface area contributed by atoms with Crippen LogP contribution in [0.5, 0.6) is 0 Å². The minimum atomic E-state index is -0.470. The van der Waals surface area contributed by atoms with Crippen molar-refractivity contribution in [2.24, 2.45) is 0 Å². The van der Waals surface area contributed by atoms with Gasteiger partial charge in [-0.15, -0.1) is 0 Å². The van der Waals surface area contributed by atoms with Crippen molar-refractivity contribution in [3.8, 4) is 0 Å². The average Bonchev–Trinajstić information content (AvgIpc) is 2.36. The van der Waals surface area contributed by atoms with E-state index >= 15 is 0 Å². The zero-order chi connectivity index (χ0) is 13.8. The summed E-state index contributed by atoms with van der Waals surface area (Å²) < 4.78 is 14.0. The summed E-state index contributed by atoms with van der Waals surface area (Å²) >= 11 is 3.47. The van der Waals surface area contributed by atoms with E-state index in [0.29, 0.717) is 12.8 Å². The molecule has 1 atom stereocenters. The van der Waals surface area contributed by atoms with Crippen molar-refractivity contribution in [1.82, 2.24) is 0 Å². The SMILES string of the molecule is Cc1cc(F)ccc1CC(O)Cc1ccccc1Br. The average molecular weight is 323 g/mol. The molecule has 0 heterocycles. The predicted octanol–water partition coefficient (Wildman–Crippen LogP) is 4.04. The third kappa shape index (κ3) is 3.88. The molecule has 1 nitrogen and oxygen atoms in total. The van der Waals surface area contributed by atoms with Crippen LogP contribution in [0.25, 0.3) is 0 Å². The topological polar surface area (TPSA) is 20.2 Å². The normalized spacial score (nSPS) is 12.4. The standard InChI is InChI=1S/C16H16BrFO/c1-11-8-14(18)7-6-12(11)9-15(19)10-13-4-2-3-5-16(13)17/h2-8,15,19H,9-10H2,1H3. The second-order valence-corrected chi connectivity index (χ2v) is 5.58. The van der Waals surface area contributed by atoms with Crippen LogP contribution in [0.1, 0.15) is 16.7 Å². The Hall–Kier alpha value is -1.19. The zero-order valence-electron chi connectivity index (χ0n) is 10.7. The van der Waals surface area contributed by atoms with Crippen molar-refractivity contribution >= 4 is 15.9 Å². The predicted molar refractivity (Wildman–Crippen MR) is 78.7 cm³/mol. The summed E-state index contributed by atoms with van der Waals surface area (Å²) in [6, 6.07) is 12.5. The highest BCUT2D eigenvalue weighted by molar-refractivity contribution is 9.10. The Kier molecular flexibility index (Phi) is 4.72. The molecule has 3 heteroatoms. The first-order valence-electron chi connectivity index (χ1n) is 6.23. The van der Waals surface area contributed by atoms with Crippen LogP contribution in [-0.2, 0) is 12.8 Å². The Morgan fingerprint density at radius 1 is 1.11 bits per heavy atom. The van der Waals surface area contributed by atoms with Gasteiger partial charge in [-0.2, -0.15) is 0 Å². The molecule has 100 valence electrons. The van der Waals surface area contributed by atoms with Crippen LogP contribution < -0.4 is 0 Å². The van der Waals surface area contributed by atoms with Crippen LogP contribution in [0.3, 0.4) is 0 Å². The van der Waals surface area contributed by atoms with Gasteiger partial charge in [0, 0.05) is 4.47 Å². The lowest BCUT2D eigenvalue weighted by Crippen LogP contribution is -2.15. The van der Waals surface area contributed by atoms with E-state index in [1.54, 1.807) is 6.07 Å². The zero-order valence-corrected chi connectivity index (χ0v) is 12.3. The molecule has 0 aliphatic carbocycles. The smallest absolute Gasteiger partial charge is 0.123 e. The molecule has 2 aromatic carbocycles. The molecule has 0 amide bonds. The molecule has 2 rings (SSSR count). The molecular formula is C16H16BrFO. The molecule has 0 radical (unpaired) electrons. The molecule has 1 N–H and O–H groups in total. The maximum atomic E-state index is 13.0. The van der Waals surface area contributed by atoms with E-state index < -0.39 is 6.10 Å². The molecule has 0 aliphatic heterocycles. The molecule has 0 saturated carbocycles. The second kappa shape index (κ2) is 6.31. The highest BCUT2D eigenvalue weighted by Gasteiger charge is 2.10. The summed E-state index contributed by atoms with van der Waals surface area (Å²) in [5, 5.41) is 10.2. The summed E-state index contributed by atoms with van der Waals surface area (Å²) in [6.07, 6.45) is 0.647. The quantitative estimate of drug-likeness (QED) is 0.900. The van der Waals surface area contributed by atoms with Gasteiger partial charge in [-0.3, -0.25) is 0 Å². The third-order valence-electron chi connectivity index (χ3n) is 3.17. The first kappa shape index (κ1) is 14.2. The first-order chi connectivity index (χ1) is 9.06. The van der Waals surface area contributed by atoms with Gasteiger partial charge in [0.2, 0.25) is 0 Å². The van der Waals surface area contributed by atoms with Crippen LogP contribution in [0.4, 0.5) is 4.39 Å². The molecule has 0 aromatic heterocycles. The number of aliphatic hydroxyl groups excluding tert-OH is 1. The van der Waals surface area contributed by atoms with E-state index in [9.17, 15) is 9.50 Å². The van der Waals surface area contributed by atoms with Crippen LogP contribution in [0.2, 0.25) is 0 Å². The minimum Gasteiger partial charge on any atom is -0.392 e. The lowest BCUT2D eigenvalue weighted by atomic mass is 9.98. The van der Waals surface area contributed by atoms with Crippen LogP contribution in [0, 0.1) is 12.7 Å². The fourth-order valence-corrected chi connectivity index (χ4v) is 2.58. The van der Waals surface area contributed by atoms with E-state index in [0.717, 1.165) is 21.2 Å². The Balaban J connectivity index is 2.05. The maximum absolute atomic E-state index is 13.0. The van der Waals surface area contributed by atoms with Crippen LogP contribution >= 0.6 is 15.9 Å². The molecule has 1 unspecified atom stereocenters. The third-order valence-corrected chi connectivity index (χ3v) is 3.95. The summed E-state index contributed by atoms with van der Waals surface area (Å²) in [4.78, 5) is 0. The van der Waals surface area contributed by atoms with E-state index in [-0.39, 0.29) is 5.82 Å². The molecule has 0 saturated heterocycles. The molecular weight excluding hydrogens is 307 g/mol. The number of hydrogen-bond donors (Lipinski definition) is 1. The summed E-state index contributed by atoms with van der Waals surface area (Å²) in [6.45, 7) is 1.86. The van der Waals surface area contributed by atoms with Gasteiger partial charge in [0.15, 0.2) is 0 Å². The van der Waals surface area contributed by atoms with Gasteiger partial charge in [0.05, 0.1) is 6.10 Å². The first-order valence-corrected chi connectivity index (χ1v) is 7.02. The van der Waals surface area contributed by atoms with Gasteiger partial charge >= 0.3 is 0 Å². The van der Waals surface area contributed by atoms with Crippen molar-refractivity contribution in [3.63, 3.8) is 0 Å². The molecule has 0 fully saturated rings. The number of rotatable bonds is 4. The molecule has 19 heavy (non-hydrogen) atoms. The van der Waals surface area contributed by atoms with Crippen LogP contribution in [-0.4, -0.2) is 11.2 Å². The number of aryl methyl sites for hydroxylation is 1. The van der Waals surface area contributed by atoms with E-state index in [1.807, 2.05) is 31.2 Å². The highest BCUT2D eigenvalue weighted by Crippen LogP contribution is 2.19. The van der Waals surface area contributed by atoms with E-state index in [2.05, 4.69) is 15.9 Å². The largest absolute Gasteiger partial charge is 0.392 e. The number of hydrogen-bond acceptors (Lipinski definition) is 1. The number of halogens is 2. The Morgan fingerprint density at radius 2 is 1.79 bits per heavy atom. The highest BCUT2D eigenvalue weighted by atomic mass is 79.9. The van der Waals surface area contributed by atoms with Gasteiger partial charge in [0.1, 0.15) is 5.82 Å². The summed E-state index contributed by atoms with van der Waals surface area (Å²) in [5.74, 6) is -0.235. The Bertz CT molecular complexity index is 568. The van der Waals surface area contributed by atoms with Crippen molar-refractivity contribution in [3.05, 3.63) is 69.4 Å².